The summed E-state index contributed by atoms with van der Waals surface area (Å²) in [5.41, 5.74) is 1.95. The molecule has 2 N–H and O–H groups in total. The monoisotopic (exact) mass is 520 g/mol. The maximum Gasteiger partial charge on any atom is 0.283 e. The number of carbonyl (C=O) groups is 1. The van der Waals surface area contributed by atoms with Crippen LogP contribution in [0.3, 0.4) is 0 Å². The quantitative estimate of drug-likeness (QED) is 0.301. The summed E-state index contributed by atoms with van der Waals surface area (Å²) < 4.78 is 1.17. The van der Waals surface area contributed by atoms with E-state index in [9.17, 15) is 4.79 Å². The van der Waals surface area contributed by atoms with Gasteiger partial charge in [-0.15, -0.1) is 5.10 Å². The van der Waals surface area contributed by atoms with Crippen molar-refractivity contribution in [3.63, 3.8) is 0 Å². The smallest absolute Gasteiger partial charge is 0.283 e. The van der Waals surface area contributed by atoms with Crippen molar-refractivity contribution in [2.45, 2.75) is 13.1 Å². The third-order valence-electron chi connectivity index (χ3n) is 4.61. The number of carbonyl (C=O) groups excluding carboxylic acids is 1. The molecule has 0 unspecified atom stereocenters. The van der Waals surface area contributed by atoms with Gasteiger partial charge >= 0.3 is 0 Å². The minimum Gasteiger partial charge on any atom is -0.350 e. The van der Waals surface area contributed by atoms with Gasteiger partial charge in [-0.1, -0.05) is 58.5 Å². The van der Waals surface area contributed by atoms with Crippen LogP contribution >= 0.6 is 46.4 Å². The average molecular weight is 522 g/mol. The van der Waals surface area contributed by atoms with E-state index in [2.05, 4.69) is 25.7 Å². The lowest BCUT2D eigenvalue weighted by atomic mass is 10.2. The van der Waals surface area contributed by atoms with Gasteiger partial charge in [0, 0.05) is 45.6 Å². The molecule has 2 aromatic carbocycles. The number of nitrogens with one attached hydrogen (secondary N) is 2. The molecule has 4 aromatic rings. The molecule has 0 aliphatic rings. The van der Waals surface area contributed by atoms with Crippen LogP contribution < -0.4 is 10.6 Å². The number of hydrogen-bond acceptors (Lipinski definition) is 6. The van der Waals surface area contributed by atoms with Crippen LogP contribution in [0.2, 0.25) is 20.1 Å². The molecule has 168 valence electrons. The molecule has 0 aliphatic carbocycles. The molecule has 4 rings (SSSR count). The molecule has 2 heterocycles. The summed E-state index contributed by atoms with van der Waals surface area (Å²) in [7, 11) is 0. The Kier molecular flexibility index (Phi) is 7.35. The van der Waals surface area contributed by atoms with Gasteiger partial charge < -0.3 is 10.6 Å². The lowest BCUT2D eigenvalue weighted by Gasteiger charge is -2.08. The Hall–Kier alpha value is -2.84. The highest BCUT2D eigenvalue weighted by molar-refractivity contribution is 6.35. The average Bonchev–Trinajstić information content (AvgIpc) is 3.21. The van der Waals surface area contributed by atoms with Crippen LogP contribution in [0.25, 0.3) is 0 Å². The third kappa shape index (κ3) is 5.75. The largest absolute Gasteiger partial charge is 0.350 e. The number of pyridine rings is 1. The van der Waals surface area contributed by atoms with Gasteiger partial charge in [-0.25, -0.2) is 0 Å². The Balaban J connectivity index is 1.58. The fraction of sp³-hybridized carbons (Fsp3) is 0.0909. The van der Waals surface area contributed by atoms with E-state index in [1.165, 1.54) is 10.9 Å². The fourth-order valence-electron chi connectivity index (χ4n) is 2.93. The number of hydrogen-bond donors (Lipinski definition) is 2. The summed E-state index contributed by atoms with van der Waals surface area (Å²) in [6.45, 7) is 0.640. The van der Waals surface area contributed by atoms with Crippen LogP contribution in [-0.2, 0) is 13.1 Å². The molecule has 0 spiro atoms. The Bertz CT molecular complexity index is 1300. The zero-order valence-electron chi connectivity index (χ0n) is 16.9. The first-order chi connectivity index (χ1) is 15.9. The van der Waals surface area contributed by atoms with Gasteiger partial charge in [0.05, 0.1) is 5.56 Å². The Morgan fingerprint density at radius 3 is 2.09 bits per heavy atom. The highest BCUT2D eigenvalue weighted by Gasteiger charge is 2.18. The highest BCUT2D eigenvalue weighted by atomic mass is 35.5. The van der Waals surface area contributed by atoms with E-state index >= 15 is 0 Å². The zero-order chi connectivity index (χ0) is 23.4. The van der Waals surface area contributed by atoms with Crippen molar-refractivity contribution in [2.75, 3.05) is 10.6 Å². The van der Waals surface area contributed by atoms with Crippen molar-refractivity contribution < 1.29 is 4.79 Å². The molecule has 11 heteroatoms. The van der Waals surface area contributed by atoms with Gasteiger partial charge in [0.2, 0.25) is 11.9 Å². The summed E-state index contributed by atoms with van der Waals surface area (Å²) in [5, 5.41) is 12.6. The fourth-order valence-corrected chi connectivity index (χ4v) is 3.88. The lowest BCUT2D eigenvalue weighted by molar-refractivity contribution is 0.0947. The maximum absolute atomic E-state index is 13.0. The molecule has 0 saturated heterocycles. The van der Waals surface area contributed by atoms with Crippen LogP contribution in [0.1, 0.15) is 21.5 Å². The summed E-state index contributed by atoms with van der Waals surface area (Å²) in [6, 6.07) is 13.7. The minimum atomic E-state index is -0.391. The molecule has 0 aliphatic heterocycles. The van der Waals surface area contributed by atoms with Crippen molar-refractivity contribution in [1.82, 2.24) is 19.7 Å². The van der Waals surface area contributed by atoms with Crippen molar-refractivity contribution in [1.29, 1.82) is 0 Å². The second-order valence-electron chi connectivity index (χ2n) is 6.90. The third-order valence-corrected chi connectivity index (χ3v) is 5.79. The van der Waals surface area contributed by atoms with Crippen LogP contribution in [0.4, 0.5) is 11.9 Å². The van der Waals surface area contributed by atoms with Gasteiger partial charge in [0.25, 0.3) is 5.91 Å². The number of aromatic nitrogens is 4. The van der Waals surface area contributed by atoms with Gasteiger partial charge in [0.15, 0.2) is 0 Å². The van der Waals surface area contributed by atoms with E-state index in [-0.39, 0.29) is 11.9 Å². The van der Waals surface area contributed by atoms with Crippen LogP contribution in [0.5, 0.6) is 0 Å². The molecular weight excluding hydrogens is 506 g/mol. The summed E-state index contributed by atoms with van der Waals surface area (Å²) in [4.78, 5) is 21.5. The van der Waals surface area contributed by atoms with Crippen molar-refractivity contribution in [3.8, 4) is 0 Å². The number of rotatable bonds is 7. The molecular formula is C22H16Cl4N6O. The van der Waals surface area contributed by atoms with Crippen molar-refractivity contribution in [2.24, 2.45) is 0 Å². The summed E-state index contributed by atoms with van der Waals surface area (Å²) in [6.07, 6.45) is 3.05. The molecule has 33 heavy (non-hydrogen) atoms. The molecule has 0 fully saturated rings. The van der Waals surface area contributed by atoms with E-state index in [0.29, 0.717) is 38.7 Å². The first kappa shape index (κ1) is 23.3. The minimum absolute atomic E-state index is 0.236. The van der Waals surface area contributed by atoms with Gasteiger partial charge in [-0.3, -0.25) is 9.78 Å². The number of halogens is 4. The first-order valence-corrected chi connectivity index (χ1v) is 11.2. The molecule has 0 bridgehead atoms. The van der Waals surface area contributed by atoms with Gasteiger partial charge in [-0.05, 0) is 47.5 Å². The number of benzene rings is 2. The molecule has 2 aromatic heterocycles. The Morgan fingerprint density at radius 1 is 0.879 bits per heavy atom. The van der Waals surface area contributed by atoms with Crippen molar-refractivity contribution in [3.05, 3.63) is 97.7 Å². The molecule has 0 radical (unpaired) electrons. The first-order valence-electron chi connectivity index (χ1n) is 9.68. The molecule has 0 saturated carbocycles. The maximum atomic E-state index is 13.0. The van der Waals surface area contributed by atoms with Crippen molar-refractivity contribution >= 4 is 64.2 Å². The summed E-state index contributed by atoms with van der Waals surface area (Å²) >= 11 is 24.4. The number of anilines is 2. The lowest BCUT2D eigenvalue weighted by Crippen LogP contribution is -2.18. The highest BCUT2D eigenvalue weighted by Crippen LogP contribution is 2.24. The van der Waals surface area contributed by atoms with E-state index in [1.54, 1.807) is 54.7 Å². The van der Waals surface area contributed by atoms with Crippen LogP contribution in [0, 0.1) is 0 Å². The van der Waals surface area contributed by atoms with Gasteiger partial charge in [-0.2, -0.15) is 9.67 Å². The van der Waals surface area contributed by atoms with E-state index < -0.39 is 5.91 Å². The second kappa shape index (κ2) is 10.4. The molecule has 7 nitrogen and oxygen atoms in total. The van der Waals surface area contributed by atoms with E-state index in [1.807, 2.05) is 0 Å². The van der Waals surface area contributed by atoms with Crippen LogP contribution in [-0.4, -0.2) is 25.7 Å². The van der Waals surface area contributed by atoms with E-state index in [0.717, 1.165) is 11.1 Å². The zero-order valence-corrected chi connectivity index (χ0v) is 19.9. The van der Waals surface area contributed by atoms with Crippen LogP contribution in [0.15, 0.2) is 60.9 Å². The summed E-state index contributed by atoms with van der Waals surface area (Å²) in [5.74, 6) is 0.0837. The Morgan fingerprint density at radius 2 is 1.52 bits per heavy atom. The predicted molar refractivity (Wildman–Crippen MR) is 132 cm³/mol. The standard InChI is InChI=1S/C22H16Cl4N6O/c23-16-5-3-13(18(25)8-16)11-28-21-30-22(29-12-14-4-6-17(24)9-19(14)26)32(31-21)20(33)15-2-1-7-27-10-15/h1-10H,11-12H2,(H2,28,29,30,31). The SMILES string of the molecule is O=C(c1cccnc1)n1nc(NCc2ccc(Cl)cc2Cl)nc1NCc1ccc(Cl)cc1Cl. The topological polar surface area (TPSA) is 84.7 Å². The second-order valence-corrected chi connectivity index (χ2v) is 8.58. The van der Waals surface area contributed by atoms with Gasteiger partial charge in [0.1, 0.15) is 0 Å². The normalized spacial score (nSPS) is 10.8. The number of nitrogens with zero attached hydrogens (tertiary/aromatic N) is 4. The molecule has 0 atom stereocenters. The predicted octanol–water partition coefficient (Wildman–Crippen LogP) is 6.20. The van der Waals surface area contributed by atoms with E-state index in [4.69, 9.17) is 46.4 Å². The molecule has 0 amide bonds. The Labute approximate surface area is 209 Å².